The average molecular weight is 284 g/mol. The Bertz CT molecular complexity index is 283. The summed E-state index contributed by atoms with van der Waals surface area (Å²) in [7, 11) is 0. The summed E-state index contributed by atoms with van der Waals surface area (Å²) in [6.45, 7) is 6.82. The minimum atomic E-state index is 0.0625. The van der Waals surface area contributed by atoms with Gasteiger partial charge in [0, 0.05) is 49.2 Å². The fourth-order valence-corrected chi connectivity index (χ4v) is 4.03. The van der Waals surface area contributed by atoms with Crippen molar-refractivity contribution in [2.24, 2.45) is 10.8 Å². The van der Waals surface area contributed by atoms with Crippen LogP contribution in [-0.2, 0) is 0 Å². The first-order valence-corrected chi connectivity index (χ1v) is 8.22. The van der Waals surface area contributed by atoms with Crippen LogP contribution in [0.15, 0.2) is 0 Å². The number of rotatable bonds is 7. The van der Waals surface area contributed by atoms with Gasteiger partial charge in [0.05, 0.1) is 0 Å². The van der Waals surface area contributed by atoms with Gasteiger partial charge in [0.15, 0.2) is 0 Å². The van der Waals surface area contributed by atoms with Gasteiger partial charge < -0.3 is 20.8 Å². The number of hydrogen-bond acceptors (Lipinski definition) is 4. The SMILES string of the molecule is C[C@]1(CO)CCC[C@@H]1NCCN[C@@H]1CCC[C@@]1(C)CO. The second-order valence-electron chi connectivity index (χ2n) is 7.42. The van der Waals surface area contributed by atoms with Crippen LogP contribution in [0.2, 0.25) is 0 Å². The van der Waals surface area contributed by atoms with Gasteiger partial charge in [0.1, 0.15) is 0 Å². The number of hydrogen-bond donors (Lipinski definition) is 4. The van der Waals surface area contributed by atoms with Gasteiger partial charge in [-0.25, -0.2) is 0 Å². The first kappa shape index (κ1) is 16.2. The molecule has 2 fully saturated rings. The van der Waals surface area contributed by atoms with E-state index in [2.05, 4.69) is 24.5 Å². The van der Waals surface area contributed by atoms with Gasteiger partial charge in [-0.1, -0.05) is 26.7 Å². The lowest BCUT2D eigenvalue weighted by molar-refractivity contribution is 0.113. The molecule has 4 nitrogen and oxygen atoms in total. The molecule has 0 aromatic heterocycles. The minimum absolute atomic E-state index is 0.0625. The smallest absolute Gasteiger partial charge is 0.0499 e. The second kappa shape index (κ2) is 6.73. The maximum Gasteiger partial charge on any atom is 0.0499 e. The van der Waals surface area contributed by atoms with Gasteiger partial charge in [-0.3, -0.25) is 0 Å². The van der Waals surface area contributed by atoms with Crippen LogP contribution in [0.25, 0.3) is 0 Å². The molecular formula is C16H32N2O2. The molecule has 0 unspecified atom stereocenters. The van der Waals surface area contributed by atoms with Crippen LogP contribution >= 0.6 is 0 Å². The molecule has 4 atom stereocenters. The summed E-state index contributed by atoms with van der Waals surface area (Å²) in [5.74, 6) is 0. The van der Waals surface area contributed by atoms with Gasteiger partial charge in [0.2, 0.25) is 0 Å². The topological polar surface area (TPSA) is 64.5 Å². The van der Waals surface area contributed by atoms with Crippen molar-refractivity contribution in [2.75, 3.05) is 26.3 Å². The molecule has 0 aromatic carbocycles. The first-order valence-electron chi connectivity index (χ1n) is 8.22. The van der Waals surface area contributed by atoms with Crippen LogP contribution < -0.4 is 10.6 Å². The lowest BCUT2D eigenvalue weighted by Crippen LogP contribution is -2.47. The van der Waals surface area contributed by atoms with Crippen LogP contribution in [0.5, 0.6) is 0 Å². The Morgan fingerprint density at radius 1 is 0.850 bits per heavy atom. The van der Waals surface area contributed by atoms with E-state index in [1.54, 1.807) is 0 Å². The van der Waals surface area contributed by atoms with Crippen molar-refractivity contribution in [3.63, 3.8) is 0 Å². The highest BCUT2D eigenvalue weighted by atomic mass is 16.3. The van der Waals surface area contributed by atoms with Gasteiger partial charge in [0.25, 0.3) is 0 Å². The summed E-state index contributed by atoms with van der Waals surface area (Å²) in [6, 6.07) is 0.893. The molecule has 0 bridgehead atoms. The van der Waals surface area contributed by atoms with E-state index >= 15 is 0 Å². The Labute approximate surface area is 123 Å². The predicted octanol–water partition coefficient (Wildman–Crippen LogP) is 1.27. The zero-order valence-corrected chi connectivity index (χ0v) is 13.1. The molecule has 20 heavy (non-hydrogen) atoms. The monoisotopic (exact) mass is 284 g/mol. The average Bonchev–Trinajstić information content (AvgIpc) is 3.00. The number of aliphatic hydroxyl groups excluding tert-OH is 2. The number of aliphatic hydroxyl groups is 2. The quantitative estimate of drug-likeness (QED) is 0.532. The Morgan fingerprint density at radius 3 is 1.60 bits per heavy atom. The van der Waals surface area contributed by atoms with Crippen LogP contribution in [0.1, 0.15) is 52.4 Å². The third kappa shape index (κ3) is 3.35. The van der Waals surface area contributed by atoms with E-state index in [0.717, 1.165) is 25.9 Å². The molecule has 4 N–H and O–H groups in total. The van der Waals surface area contributed by atoms with Crippen molar-refractivity contribution in [1.29, 1.82) is 0 Å². The predicted molar refractivity (Wildman–Crippen MR) is 81.7 cm³/mol. The number of nitrogens with one attached hydrogen (secondary N) is 2. The molecule has 118 valence electrons. The van der Waals surface area contributed by atoms with Crippen LogP contribution in [0.4, 0.5) is 0 Å². The maximum atomic E-state index is 9.54. The third-order valence-electron chi connectivity index (χ3n) is 5.79. The molecule has 0 aromatic rings. The zero-order chi connectivity index (χ0) is 14.6. The van der Waals surface area contributed by atoms with E-state index in [1.807, 2.05) is 0 Å². The Hall–Kier alpha value is -0.160. The first-order chi connectivity index (χ1) is 9.54. The summed E-state index contributed by atoms with van der Waals surface area (Å²) < 4.78 is 0. The lowest BCUT2D eigenvalue weighted by Gasteiger charge is -2.32. The molecule has 2 aliphatic rings. The molecular weight excluding hydrogens is 252 g/mol. The van der Waals surface area contributed by atoms with Gasteiger partial charge in [-0.15, -0.1) is 0 Å². The van der Waals surface area contributed by atoms with Crippen molar-refractivity contribution in [3.05, 3.63) is 0 Å². The normalized spacial score (nSPS) is 41.4. The standard InChI is InChI=1S/C16H32N2O2/c1-15(11-19)7-3-5-13(15)17-9-10-18-14-6-4-8-16(14,2)12-20/h13-14,17-20H,3-12H2,1-2H3/t13-,14+,15+,16-. The van der Waals surface area contributed by atoms with Gasteiger partial charge >= 0.3 is 0 Å². The van der Waals surface area contributed by atoms with Crippen LogP contribution in [0, 0.1) is 10.8 Å². The summed E-state index contributed by atoms with van der Waals surface area (Å²) >= 11 is 0. The zero-order valence-electron chi connectivity index (χ0n) is 13.1. The molecule has 2 aliphatic carbocycles. The molecule has 2 rings (SSSR count). The van der Waals surface area contributed by atoms with Crippen molar-refractivity contribution in [1.82, 2.24) is 10.6 Å². The van der Waals surface area contributed by atoms with Crippen LogP contribution in [-0.4, -0.2) is 48.6 Å². The maximum absolute atomic E-state index is 9.54. The lowest BCUT2D eigenvalue weighted by atomic mass is 9.85. The summed E-state index contributed by atoms with van der Waals surface area (Å²) in [4.78, 5) is 0. The van der Waals surface area contributed by atoms with Gasteiger partial charge in [-0.05, 0) is 25.7 Å². The largest absolute Gasteiger partial charge is 0.396 e. The Balaban J connectivity index is 1.69. The molecule has 0 radical (unpaired) electrons. The summed E-state index contributed by atoms with van der Waals surface area (Å²) in [5.41, 5.74) is 0.125. The van der Waals surface area contributed by atoms with Crippen molar-refractivity contribution in [2.45, 2.75) is 64.5 Å². The van der Waals surface area contributed by atoms with E-state index in [0.29, 0.717) is 12.1 Å². The fraction of sp³-hybridized carbons (Fsp3) is 1.00. The third-order valence-corrected chi connectivity index (χ3v) is 5.79. The molecule has 0 aliphatic heterocycles. The molecule has 0 spiro atoms. The fourth-order valence-electron chi connectivity index (χ4n) is 4.03. The van der Waals surface area contributed by atoms with E-state index < -0.39 is 0 Å². The molecule has 2 saturated carbocycles. The molecule has 4 heteroatoms. The van der Waals surface area contributed by atoms with E-state index in [4.69, 9.17) is 0 Å². The van der Waals surface area contributed by atoms with E-state index in [-0.39, 0.29) is 24.0 Å². The highest BCUT2D eigenvalue weighted by Gasteiger charge is 2.39. The Morgan fingerprint density at radius 2 is 1.25 bits per heavy atom. The van der Waals surface area contributed by atoms with Crippen LogP contribution in [0.3, 0.4) is 0 Å². The van der Waals surface area contributed by atoms with Gasteiger partial charge in [-0.2, -0.15) is 0 Å². The molecule has 0 heterocycles. The van der Waals surface area contributed by atoms with Crippen molar-refractivity contribution >= 4 is 0 Å². The van der Waals surface area contributed by atoms with E-state index in [9.17, 15) is 10.2 Å². The van der Waals surface area contributed by atoms with E-state index in [1.165, 1.54) is 25.7 Å². The highest BCUT2D eigenvalue weighted by Crippen LogP contribution is 2.38. The second-order valence-corrected chi connectivity index (χ2v) is 7.42. The van der Waals surface area contributed by atoms with Crippen molar-refractivity contribution in [3.8, 4) is 0 Å². The summed E-state index contributed by atoms with van der Waals surface area (Å²) in [6.07, 6.45) is 7.03. The summed E-state index contributed by atoms with van der Waals surface area (Å²) in [5, 5.41) is 26.3. The minimum Gasteiger partial charge on any atom is -0.396 e. The highest BCUT2D eigenvalue weighted by molar-refractivity contribution is 4.95. The Kier molecular flexibility index (Phi) is 5.46. The molecule has 0 amide bonds. The van der Waals surface area contributed by atoms with Crippen molar-refractivity contribution < 1.29 is 10.2 Å². The molecule has 0 saturated heterocycles.